The van der Waals surface area contributed by atoms with Crippen LogP contribution in [0.1, 0.15) is 17.2 Å². The molecule has 0 N–H and O–H groups in total. The van der Waals surface area contributed by atoms with Crippen LogP contribution in [0.15, 0.2) is 59.6 Å². The summed E-state index contributed by atoms with van der Waals surface area (Å²) in [7, 11) is 1.60. The van der Waals surface area contributed by atoms with E-state index in [1.165, 1.54) is 0 Å². The number of hydrogen-bond acceptors (Lipinski definition) is 4. The lowest BCUT2D eigenvalue weighted by molar-refractivity contribution is -0.135. The number of rotatable bonds is 3. The summed E-state index contributed by atoms with van der Waals surface area (Å²) in [5, 5.41) is 0. The average Bonchev–Trinajstić information content (AvgIpc) is 2.90. The highest BCUT2D eigenvalue weighted by Crippen LogP contribution is 2.27. The molecule has 3 rings (SSSR count). The Balaban J connectivity index is 1.90. The number of esters is 1. The van der Waals surface area contributed by atoms with E-state index in [0.717, 1.165) is 16.9 Å². The maximum absolute atomic E-state index is 11.9. The van der Waals surface area contributed by atoms with Gasteiger partial charge in [0.15, 0.2) is 6.04 Å². The fraction of sp³-hybridized carbons (Fsp3) is 0.125. The van der Waals surface area contributed by atoms with Gasteiger partial charge in [-0.2, -0.15) is 0 Å². The molecule has 0 unspecified atom stereocenters. The van der Waals surface area contributed by atoms with Crippen molar-refractivity contribution < 1.29 is 14.3 Å². The van der Waals surface area contributed by atoms with Gasteiger partial charge in [-0.05, 0) is 29.8 Å². The smallest absolute Gasteiger partial charge is 0.342 e. The zero-order valence-corrected chi connectivity index (χ0v) is 10.9. The van der Waals surface area contributed by atoms with Crippen LogP contribution in [0.2, 0.25) is 0 Å². The van der Waals surface area contributed by atoms with Crippen molar-refractivity contribution in [2.75, 3.05) is 7.11 Å². The number of aliphatic imine (C=N–C) groups is 1. The fourth-order valence-electron chi connectivity index (χ4n) is 2.06. The van der Waals surface area contributed by atoms with Crippen molar-refractivity contribution in [3.8, 4) is 5.75 Å². The van der Waals surface area contributed by atoms with Gasteiger partial charge in [-0.25, -0.2) is 9.79 Å². The summed E-state index contributed by atoms with van der Waals surface area (Å²) in [5.74, 6) is 0.762. The summed E-state index contributed by atoms with van der Waals surface area (Å²) >= 11 is 0. The van der Waals surface area contributed by atoms with Crippen molar-refractivity contribution in [2.24, 2.45) is 4.99 Å². The maximum atomic E-state index is 11.9. The molecule has 2 aromatic rings. The molecule has 0 radical (unpaired) electrons. The Bertz CT molecular complexity index is 647. The number of carbonyl (C=O) groups is 1. The molecule has 0 saturated carbocycles. The Labute approximate surface area is 116 Å². The third kappa shape index (κ3) is 2.28. The highest BCUT2D eigenvalue weighted by atomic mass is 16.6. The predicted molar refractivity (Wildman–Crippen MR) is 74.8 cm³/mol. The number of benzene rings is 2. The molecule has 0 aromatic heterocycles. The minimum absolute atomic E-state index is 0.353. The first-order valence-electron chi connectivity index (χ1n) is 6.27. The van der Waals surface area contributed by atoms with E-state index in [1.54, 1.807) is 19.2 Å². The van der Waals surface area contributed by atoms with E-state index in [-0.39, 0.29) is 5.97 Å². The van der Waals surface area contributed by atoms with Gasteiger partial charge >= 0.3 is 5.97 Å². The molecule has 20 heavy (non-hydrogen) atoms. The van der Waals surface area contributed by atoms with Crippen LogP contribution >= 0.6 is 0 Å². The van der Waals surface area contributed by atoms with Crippen LogP contribution in [0.3, 0.4) is 0 Å². The third-order valence-corrected chi connectivity index (χ3v) is 3.12. The van der Waals surface area contributed by atoms with Crippen LogP contribution in [0.5, 0.6) is 5.75 Å². The van der Waals surface area contributed by atoms with E-state index < -0.39 is 6.04 Å². The maximum Gasteiger partial charge on any atom is 0.342 e. The summed E-state index contributed by atoms with van der Waals surface area (Å²) in [5.41, 5.74) is 1.60. The van der Waals surface area contributed by atoms with E-state index >= 15 is 0 Å². The van der Waals surface area contributed by atoms with Crippen LogP contribution in [0.4, 0.5) is 0 Å². The molecular weight excluding hydrogens is 254 g/mol. The first-order chi connectivity index (χ1) is 9.78. The van der Waals surface area contributed by atoms with E-state index in [2.05, 4.69) is 4.99 Å². The molecule has 0 amide bonds. The molecule has 0 saturated heterocycles. The third-order valence-electron chi connectivity index (χ3n) is 3.12. The largest absolute Gasteiger partial charge is 0.497 e. The van der Waals surface area contributed by atoms with Gasteiger partial charge in [-0.1, -0.05) is 30.3 Å². The quantitative estimate of drug-likeness (QED) is 0.803. The number of cyclic esters (lactones) is 1. The predicted octanol–water partition coefficient (Wildman–Crippen LogP) is 2.74. The van der Waals surface area contributed by atoms with Crippen molar-refractivity contribution >= 4 is 11.9 Å². The molecule has 4 heteroatoms. The monoisotopic (exact) mass is 267 g/mol. The van der Waals surface area contributed by atoms with E-state index in [0.29, 0.717) is 5.90 Å². The van der Waals surface area contributed by atoms with Crippen molar-refractivity contribution in [3.05, 3.63) is 65.7 Å². The summed E-state index contributed by atoms with van der Waals surface area (Å²) in [4.78, 5) is 16.3. The number of nitrogens with zero attached hydrogens (tertiary/aromatic N) is 1. The second kappa shape index (κ2) is 5.17. The van der Waals surface area contributed by atoms with E-state index in [1.807, 2.05) is 42.5 Å². The van der Waals surface area contributed by atoms with Crippen molar-refractivity contribution in [1.82, 2.24) is 0 Å². The number of hydrogen-bond donors (Lipinski definition) is 0. The zero-order valence-electron chi connectivity index (χ0n) is 10.9. The SMILES string of the molecule is COc1ccc([C@@H]2N=C(c3ccccc3)OC2=O)cc1. The fourth-order valence-corrected chi connectivity index (χ4v) is 2.06. The Morgan fingerprint density at radius 1 is 1.05 bits per heavy atom. The van der Waals surface area contributed by atoms with E-state index in [9.17, 15) is 4.79 Å². The van der Waals surface area contributed by atoms with Gasteiger partial charge in [0, 0.05) is 5.56 Å². The molecule has 1 atom stereocenters. The van der Waals surface area contributed by atoms with Crippen LogP contribution in [-0.4, -0.2) is 19.0 Å². The Morgan fingerprint density at radius 3 is 2.40 bits per heavy atom. The van der Waals surface area contributed by atoms with Crippen LogP contribution in [0.25, 0.3) is 0 Å². The van der Waals surface area contributed by atoms with Gasteiger partial charge in [-0.3, -0.25) is 0 Å². The minimum Gasteiger partial charge on any atom is -0.497 e. The Kier molecular flexibility index (Phi) is 3.21. The van der Waals surface area contributed by atoms with Gasteiger partial charge in [-0.15, -0.1) is 0 Å². The highest BCUT2D eigenvalue weighted by Gasteiger charge is 2.31. The highest BCUT2D eigenvalue weighted by molar-refractivity contribution is 6.06. The lowest BCUT2D eigenvalue weighted by Gasteiger charge is -2.04. The lowest BCUT2D eigenvalue weighted by atomic mass is 10.1. The zero-order chi connectivity index (χ0) is 13.9. The molecule has 4 nitrogen and oxygen atoms in total. The molecule has 1 aliphatic heterocycles. The van der Waals surface area contributed by atoms with Crippen LogP contribution in [0, 0.1) is 0 Å². The van der Waals surface area contributed by atoms with Crippen molar-refractivity contribution in [2.45, 2.75) is 6.04 Å². The van der Waals surface area contributed by atoms with Crippen molar-refractivity contribution in [1.29, 1.82) is 0 Å². The minimum atomic E-state index is -0.601. The summed E-state index contributed by atoms with van der Waals surface area (Å²) < 4.78 is 10.3. The van der Waals surface area contributed by atoms with Gasteiger partial charge in [0.2, 0.25) is 5.90 Å². The number of carbonyl (C=O) groups excluding carboxylic acids is 1. The lowest BCUT2D eigenvalue weighted by Crippen LogP contribution is -2.08. The topological polar surface area (TPSA) is 47.9 Å². The summed E-state index contributed by atoms with van der Waals surface area (Å²) in [6, 6.07) is 16.0. The Hall–Kier alpha value is -2.62. The molecule has 2 aromatic carbocycles. The number of ether oxygens (including phenoxy) is 2. The van der Waals surface area contributed by atoms with Crippen LogP contribution < -0.4 is 4.74 Å². The molecule has 0 fully saturated rings. The molecule has 1 aliphatic rings. The van der Waals surface area contributed by atoms with Gasteiger partial charge in [0.25, 0.3) is 0 Å². The Morgan fingerprint density at radius 2 is 1.75 bits per heavy atom. The van der Waals surface area contributed by atoms with Gasteiger partial charge in [0.1, 0.15) is 5.75 Å². The second-order valence-electron chi connectivity index (χ2n) is 4.40. The molecule has 1 heterocycles. The first kappa shape index (κ1) is 12.4. The second-order valence-corrected chi connectivity index (χ2v) is 4.40. The molecular formula is C16H13NO3. The number of methoxy groups -OCH3 is 1. The first-order valence-corrected chi connectivity index (χ1v) is 6.27. The summed E-state index contributed by atoms with van der Waals surface area (Å²) in [6.07, 6.45) is 0. The van der Waals surface area contributed by atoms with Gasteiger partial charge in [0.05, 0.1) is 7.11 Å². The molecule has 0 aliphatic carbocycles. The van der Waals surface area contributed by atoms with Crippen LogP contribution in [-0.2, 0) is 9.53 Å². The van der Waals surface area contributed by atoms with Gasteiger partial charge < -0.3 is 9.47 Å². The summed E-state index contributed by atoms with van der Waals surface area (Å²) in [6.45, 7) is 0. The molecule has 0 spiro atoms. The average molecular weight is 267 g/mol. The van der Waals surface area contributed by atoms with Crippen molar-refractivity contribution in [3.63, 3.8) is 0 Å². The standard InChI is InChI=1S/C16H13NO3/c1-19-13-9-7-11(8-10-13)14-16(18)20-15(17-14)12-5-3-2-4-6-12/h2-10,14H,1H3/t14-/m0/s1. The molecule has 100 valence electrons. The molecule has 0 bridgehead atoms. The normalized spacial score (nSPS) is 17.6. The van der Waals surface area contributed by atoms with E-state index in [4.69, 9.17) is 9.47 Å².